The first-order chi connectivity index (χ1) is 14.8. The molecule has 0 radical (unpaired) electrons. The Balaban J connectivity index is 1.85. The lowest BCUT2D eigenvalue weighted by Crippen LogP contribution is -2.28. The molecule has 32 heavy (non-hydrogen) atoms. The molecule has 14 heteroatoms. The van der Waals surface area contributed by atoms with E-state index in [-0.39, 0.29) is 27.2 Å². The molecule has 2 aromatic heterocycles. The number of nitrogens with one attached hydrogen (secondary N) is 1. The average molecular weight is 523 g/mol. The monoisotopic (exact) mass is 522 g/mol. The van der Waals surface area contributed by atoms with Gasteiger partial charge in [0.05, 0.1) is 17.3 Å². The average Bonchev–Trinajstić information content (AvgIpc) is 3.13. The standard InChI is InChI=1S/C18H13BrF6N6O/c1-9(29-16(32)10-4-11(18(23,24)25)6-12(19)5-10)13-14(27-3-2-26-13)15-28-8-31(30-15)7-17(20,21)22/h2-6,8-9H,7H2,1H3,(H,29,32). The van der Waals surface area contributed by atoms with E-state index in [1.54, 1.807) is 0 Å². The molecular weight excluding hydrogens is 510 g/mol. The highest BCUT2D eigenvalue weighted by atomic mass is 79.9. The molecule has 0 bridgehead atoms. The number of carbonyl (C=O) groups excluding carboxylic acids is 1. The summed E-state index contributed by atoms with van der Waals surface area (Å²) in [6.07, 6.45) is -5.72. The van der Waals surface area contributed by atoms with E-state index >= 15 is 0 Å². The fourth-order valence-electron chi connectivity index (χ4n) is 2.73. The van der Waals surface area contributed by atoms with Crippen LogP contribution in [-0.4, -0.2) is 36.8 Å². The van der Waals surface area contributed by atoms with E-state index in [0.717, 1.165) is 12.4 Å². The number of carbonyl (C=O) groups is 1. The molecule has 1 aromatic carbocycles. The summed E-state index contributed by atoms with van der Waals surface area (Å²) in [6, 6.07) is 1.87. The van der Waals surface area contributed by atoms with Crippen LogP contribution in [-0.2, 0) is 12.7 Å². The van der Waals surface area contributed by atoms with Gasteiger partial charge in [0.15, 0.2) is 0 Å². The summed E-state index contributed by atoms with van der Waals surface area (Å²) in [6.45, 7) is 0.132. The molecule has 7 nitrogen and oxygen atoms in total. The Morgan fingerprint density at radius 1 is 1.09 bits per heavy atom. The van der Waals surface area contributed by atoms with Crippen molar-refractivity contribution in [3.8, 4) is 11.5 Å². The van der Waals surface area contributed by atoms with Crippen LogP contribution in [0.15, 0.2) is 41.4 Å². The van der Waals surface area contributed by atoms with E-state index in [2.05, 4.69) is 41.3 Å². The normalized spacial score (nSPS) is 13.1. The Labute approximate surface area is 185 Å². The van der Waals surface area contributed by atoms with Crippen molar-refractivity contribution < 1.29 is 31.1 Å². The molecule has 2 heterocycles. The highest BCUT2D eigenvalue weighted by Gasteiger charge is 2.32. The number of benzene rings is 1. The van der Waals surface area contributed by atoms with Gasteiger partial charge in [-0.2, -0.15) is 26.3 Å². The van der Waals surface area contributed by atoms with Crippen LogP contribution in [0.2, 0.25) is 0 Å². The van der Waals surface area contributed by atoms with Crippen molar-refractivity contribution in [2.45, 2.75) is 31.9 Å². The van der Waals surface area contributed by atoms with E-state index in [9.17, 15) is 31.1 Å². The van der Waals surface area contributed by atoms with Crippen LogP contribution >= 0.6 is 15.9 Å². The van der Waals surface area contributed by atoms with Crippen molar-refractivity contribution in [1.82, 2.24) is 30.0 Å². The summed E-state index contributed by atoms with van der Waals surface area (Å²) in [5, 5.41) is 6.24. The molecule has 0 saturated heterocycles. The first kappa shape index (κ1) is 23.6. The smallest absolute Gasteiger partial charge is 0.344 e. The molecule has 1 atom stereocenters. The molecule has 0 aliphatic heterocycles. The second-order valence-electron chi connectivity index (χ2n) is 6.59. The van der Waals surface area contributed by atoms with Crippen molar-refractivity contribution in [3.05, 3.63) is 58.2 Å². The minimum Gasteiger partial charge on any atom is -0.344 e. The van der Waals surface area contributed by atoms with E-state index < -0.39 is 36.4 Å². The van der Waals surface area contributed by atoms with Gasteiger partial charge in [-0.1, -0.05) is 15.9 Å². The number of alkyl halides is 6. The van der Waals surface area contributed by atoms with Gasteiger partial charge in [-0.25, -0.2) is 14.6 Å². The van der Waals surface area contributed by atoms with Crippen molar-refractivity contribution in [1.29, 1.82) is 0 Å². The zero-order chi connectivity index (χ0) is 23.7. The number of hydrogen-bond acceptors (Lipinski definition) is 5. The van der Waals surface area contributed by atoms with Gasteiger partial charge >= 0.3 is 12.4 Å². The third kappa shape index (κ3) is 5.81. The number of aromatic nitrogens is 5. The molecule has 0 aliphatic rings. The van der Waals surface area contributed by atoms with Crippen molar-refractivity contribution >= 4 is 21.8 Å². The lowest BCUT2D eigenvalue weighted by atomic mass is 10.1. The van der Waals surface area contributed by atoms with Gasteiger partial charge in [-0.05, 0) is 25.1 Å². The minimum atomic E-state index is -4.65. The van der Waals surface area contributed by atoms with Crippen LogP contribution in [0.5, 0.6) is 0 Å². The maximum atomic E-state index is 13.0. The minimum absolute atomic E-state index is 0.0199. The Kier molecular flexibility index (Phi) is 6.53. The topological polar surface area (TPSA) is 85.6 Å². The number of hydrogen-bond donors (Lipinski definition) is 1. The molecule has 0 spiro atoms. The molecule has 170 valence electrons. The Morgan fingerprint density at radius 3 is 2.44 bits per heavy atom. The van der Waals surface area contributed by atoms with Gasteiger partial charge in [0.25, 0.3) is 5.91 Å². The van der Waals surface area contributed by atoms with Gasteiger partial charge in [0.2, 0.25) is 5.82 Å². The Bertz CT molecular complexity index is 1130. The quantitative estimate of drug-likeness (QED) is 0.496. The molecular formula is C18H13BrF6N6O. The first-order valence-electron chi connectivity index (χ1n) is 8.79. The van der Waals surface area contributed by atoms with Gasteiger partial charge in [0.1, 0.15) is 18.6 Å². The maximum absolute atomic E-state index is 13.0. The van der Waals surface area contributed by atoms with Crippen molar-refractivity contribution in [2.75, 3.05) is 0 Å². The van der Waals surface area contributed by atoms with Gasteiger partial charge in [0, 0.05) is 22.4 Å². The summed E-state index contributed by atoms with van der Waals surface area (Å²) in [5.74, 6) is -0.975. The first-order valence-corrected chi connectivity index (χ1v) is 9.59. The lowest BCUT2D eigenvalue weighted by Gasteiger charge is -2.16. The summed E-state index contributed by atoms with van der Waals surface area (Å²) >= 11 is 2.95. The lowest BCUT2D eigenvalue weighted by molar-refractivity contribution is -0.142. The molecule has 1 amide bonds. The van der Waals surface area contributed by atoms with Crippen LogP contribution in [0.3, 0.4) is 0 Å². The number of amides is 1. The van der Waals surface area contributed by atoms with E-state index in [0.29, 0.717) is 10.7 Å². The van der Waals surface area contributed by atoms with Crippen molar-refractivity contribution in [3.63, 3.8) is 0 Å². The van der Waals surface area contributed by atoms with Gasteiger partial charge in [-0.3, -0.25) is 9.78 Å². The fraction of sp³-hybridized carbons (Fsp3) is 0.278. The van der Waals surface area contributed by atoms with Crippen LogP contribution in [0.1, 0.15) is 34.6 Å². The van der Waals surface area contributed by atoms with Crippen LogP contribution in [0.4, 0.5) is 26.3 Å². The molecule has 0 saturated carbocycles. The molecule has 0 fully saturated rings. The summed E-state index contributed by atoms with van der Waals surface area (Å²) in [5.41, 5.74) is -1.12. The van der Waals surface area contributed by atoms with Crippen LogP contribution in [0.25, 0.3) is 11.5 Å². The number of nitrogens with zero attached hydrogens (tertiary/aromatic N) is 5. The zero-order valence-corrected chi connectivity index (χ0v) is 17.6. The number of rotatable bonds is 5. The predicted molar refractivity (Wildman–Crippen MR) is 102 cm³/mol. The van der Waals surface area contributed by atoms with Gasteiger partial charge < -0.3 is 5.32 Å². The third-order valence-corrected chi connectivity index (χ3v) is 4.52. The summed E-state index contributed by atoms with van der Waals surface area (Å²) < 4.78 is 77.4. The van der Waals surface area contributed by atoms with Gasteiger partial charge in [-0.15, -0.1) is 5.10 Å². The molecule has 1 N–H and O–H groups in total. The Morgan fingerprint density at radius 2 is 1.78 bits per heavy atom. The highest BCUT2D eigenvalue weighted by Crippen LogP contribution is 2.32. The SMILES string of the molecule is CC(NC(=O)c1cc(Br)cc(C(F)(F)F)c1)c1nccnc1-c1ncn(CC(F)(F)F)n1. The molecule has 0 aliphatic carbocycles. The van der Waals surface area contributed by atoms with E-state index in [1.165, 1.54) is 25.4 Å². The van der Waals surface area contributed by atoms with E-state index in [4.69, 9.17) is 0 Å². The summed E-state index contributed by atoms with van der Waals surface area (Å²) in [7, 11) is 0. The second kappa shape index (κ2) is 8.84. The van der Waals surface area contributed by atoms with Crippen molar-refractivity contribution in [2.24, 2.45) is 0 Å². The van der Waals surface area contributed by atoms with Crippen LogP contribution < -0.4 is 5.32 Å². The molecule has 3 rings (SSSR count). The largest absolute Gasteiger partial charge is 0.416 e. The number of halogens is 7. The molecule has 1 unspecified atom stereocenters. The second-order valence-corrected chi connectivity index (χ2v) is 7.51. The summed E-state index contributed by atoms with van der Waals surface area (Å²) in [4.78, 5) is 24.5. The zero-order valence-electron chi connectivity index (χ0n) is 16.0. The molecule has 3 aromatic rings. The third-order valence-electron chi connectivity index (χ3n) is 4.06. The maximum Gasteiger partial charge on any atom is 0.416 e. The van der Waals surface area contributed by atoms with E-state index in [1.807, 2.05) is 0 Å². The predicted octanol–water partition coefficient (Wildman–Crippen LogP) is 4.57. The highest BCUT2D eigenvalue weighted by molar-refractivity contribution is 9.10. The Hall–Kier alpha value is -3.03. The fourth-order valence-corrected chi connectivity index (χ4v) is 3.23. The van der Waals surface area contributed by atoms with Crippen LogP contribution in [0, 0.1) is 0 Å².